The van der Waals surface area contributed by atoms with Crippen molar-refractivity contribution in [3.63, 3.8) is 0 Å². The van der Waals surface area contributed by atoms with Crippen molar-refractivity contribution in [3.05, 3.63) is 11.4 Å². The average molecular weight is 350 g/mol. The largest absolute Gasteiger partial charge is 0.390 e. The second kappa shape index (κ2) is 5.88. The van der Waals surface area contributed by atoms with Gasteiger partial charge in [0, 0.05) is 12.3 Å². The van der Waals surface area contributed by atoms with Gasteiger partial charge in [-0.1, -0.05) is 6.92 Å². The lowest BCUT2D eigenvalue weighted by Gasteiger charge is -2.54. The molecule has 0 aliphatic heterocycles. The van der Waals surface area contributed by atoms with Crippen LogP contribution < -0.4 is 0 Å². The molecular weight excluding hydrogens is 319 g/mol. The van der Waals surface area contributed by atoms with Crippen LogP contribution in [0.1, 0.15) is 65.2 Å². The van der Waals surface area contributed by atoms with E-state index in [0.717, 1.165) is 44.1 Å². The van der Waals surface area contributed by atoms with E-state index in [4.69, 9.17) is 0 Å². The molecule has 0 radical (unpaired) electrons. The molecule has 0 aromatic rings. The molecule has 25 heavy (non-hydrogen) atoms. The molecule has 4 rings (SSSR count). The van der Waals surface area contributed by atoms with Crippen molar-refractivity contribution >= 4 is 5.78 Å². The zero-order valence-corrected chi connectivity index (χ0v) is 15.4. The molecule has 4 aliphatic rings. The highest BCUT2D eigenvalue weighted by Gasteiger charge is 2.58. The van der Waals surface area contributed by atoms with Gasteiger partial charge >= 0.3 is 0 Å². The summed E-state index contributed by atoms with van der Waals surface area (Å²) in [5.41, 5.74) is 0.0616. The Bertz CT molecular complexity index is 610. The maximum Gasteiger partial charge on any atom is 0.161 e. The highest BCUT2D eigenvalue weighted by atomic mass is 19.1. The molecule has 3 saturated carbocycles. The number of halogens is 1. The summed E-state index contributed by atoms with van der Waals surface area (Å²) in [5.74, 6) is 1.46. The Kier molecular flexibility index (Phi) is 4.16. The molecule has 0 unspecified atom stereocenters. The summed E-state index contributed by atoms with van der Waals surface area (Å²) >= 11 is 0. The fraction of sp³-hybridized carbons (Fsp3) is 0.857. The SMILES string of the molecule is C[C@]1(O)CC[C@H]2C(=C(F)C[C@@H]3[C@@H]2CC[C@]2(C)[C@@H](C(=O)CO)CC[C@@H]32)C1. The Hall–Kier alpha value is -0.740. The quantitative estimate of drug-likeness (QED) is 0.797. The Morgan fingerprint density at radius 1 is 1.16 bits per heavy atom. The molecule has 0 amide bonds. The van der Waals surface area contributed by atoms with Gasteiger partial charge in [0.05, 0.1) is 11.4 Å². The zero-order chi connectivity index (χ0) is 18.0. The van der Waals surface area contributed by atoms with Crippen LogP contribution in [0.3, 0.4) is 0 Å². The van der Waals surface area contributed by atoms with E-state index in [2.05, 4.69) is 6.92 Å². The molecule has 140 valence electrons. The van der Waals surface area contributed by atoms with Gasteiger partial charge in [-0.15, -0.1) is 0 Å². The molecule has 0 saturated heterocycles. The lowest BCUT2D eigenvalue weighted by atomic mass is 9.51. The van der Waals surface area contributed by atoms with Gasteiger partial charge in [0.15, 0.2) is 5.78 Å². The third-order valence-electron chi connectivity index (χ3n) is 8.33. The van der Waals surface area contributed by atoms with Gasteiger partial charge in [-0.3, -0.25) is 4.79 Å². The lowest BCUT2D eigenvalue weighted by molar-refractivity contribution is -0.131. The van der Waals surface area contributed by atoms with Crippen molar-refractivity contribution < 1.29 is 19.4 Å². The van der Waals surface area contributed by atoms with Crippen LogP contribution in [0.25, 0.3) is 0 Å². The van der Waals surface area contributed by atoms with Crippen molar-refractivity contribution in [2.24, 2.45) is 35.0 Å². The van der Waals surface area contributed by atoms with Crippen LogP contribution in [0.5, 0.6) is 0 Å². The number of carbonyl (C=O) groups excluding carboxylic acids is 1. The molecule has 2 N–H and O–H groups in total. The minimum Gasteiger partial charge on any atom is -0.390 e. The summed E-state index contributed by atoms with van der Waals surface area (Å²) in [5, 5.41) is 19.7. The highest BCUT2D eigenvalue weighted by Crippen LogP contribution is 2.64. The summed E-state index contributed by atoms with van der Waals surface area (Å²) < 4.78 is 15.0. The van der Waals surface area contributed by atoms with Gasteiger partial charge in [0.2, 0.25) is 0 Å². The molecule has 7 atom stereocenters. The number of Topliss-reactive ketones (excluding diaryl/α,β-unsaturated/α-hetero) is 1. The van der Waals surface area contributed by atoms with Gasteiger partial charge < -0.3 is 10.2 Å². The fourth-order valence-electron chi connectivity index (χ4n) is 7.13. The first-order chi connectivity index (χ1) is 11.8. The molecule has 4 heteroatoms. The van der Waals surface area contributed by atoms with Crippen LogP contribution in [0, 0.1) is 35.0 Å². The smallest absolute Gasteiger partial charge is 0.161 e. The standard InChI is InChI=1S/C21H31FO3/c1-20(25)7-5-13-12-6-8-21(2)16(3-4-17(21)19(24)11-23)14(12)9-18(22)15(13)10-20/h12-14,16-17,23,25H,3-11H2,1-2H3/t12-,13-,14-,16+,17-,20+,21+/m1/s1. The van der Waals surface area contributed by atoms with Crippen molar-refractivity contribution in [1.82, 2.24) is 0 Å². The number of hydrogen-bond donors (Lipinski definition) is 2. The van der Waals surface area contributed by atoms with Crippen LogP contribution in [-0.2, 0) is 4.79 Å². The molecule has 0 bridgehead atoms. The molecular formula is C21H31FO3. The summed E-state index contributed by atoms with van der Waals surface area (Å²) in [6.07, 6.45) is 6.52. The van der Waals surface area contributed by atoms with Gasteiger partial charge in [0.25, 0.3) is 0 Å². The predicted molar refractivity (Wildman–Crippen MR) is 93.3 cm³/mol. The van der Waals surface area contributed by atoms with Crippen LogP contribution in [-0.4, -0.2) is 28.2 Å². The van der Waals surface area contributed by atoms with E-state index in [1.54, 1.807) is 0 Å². The molecule has 3 fully saturated rings. The van der Waals surface area contributed by atoms with Crippen molar-refractivity contribution in [2.45, 2.75) is 70.8 Å². The van der Waals surface area contributed by atoms with Crippen LogP contribution in [0.2, 0.25) is 0 Å². The summed E-state index contributed by atoms with van der Waals surface area (Å²) in [4.78, 5) is 12.2. The molecule has 0 aromatic carbocycles. The Balaban J connectivity index is 1.63. The van der Waals surface area contributed by atoms with E-state index in [-0.39, 0.29) is 35.5 Å². The number of hydrogen-bond acceptors (Lipinski definition) is 3. The Morgan fingerprint density at radius 2 is 1.92 bits per heavy atom. The van der Waals surface area contributed by atoms with E-state index < -0.39 is 5.60 Å². The third kappa shape index (κ3) is 2.63. The highest BCUT2D eigenvalue weighted by molar-refractivity contribution is 5.83. The molecule has 3 nitrogen and oxygen atoms in total. The third-order valence-corrected chi connectivity index (χ3v) is 8.33. The molecule has 0 heterocycles. The van der Waals surface area contributed by atoms with E-state index in [0.29, 0.717) is 30.6 Å². The van der Waals surface area contributed by atoms with E-state index in [1.807, 2.05) is 6.92 Å². The summed E-state index contributed by atoms with van der Waals surface area (Å²) in [6, 6.07) is 0. The minimum absolute atomic E-state index is 0.0207. The molecule has 0 aromatic heterocycles. The maximum atomic E-state index is 15.0. The second-order valence-corrected chi connectivity index (χ2v) is 9.69. The average Bonchev–Trinajstić information content (AvgIpc) is 2.91. The lowest BCUT2D eigenvalue weighted by Crippen LogP contribution is -2.49. The first-order valence-electron chi connectivity index (χ1n) is 10.0. The monoisotopic (exact) mass is 350 g/mol. The van der Waals surface area contributed by atoms with Gasteiger partial charge in [-0.05, 0) is 86.5 Å². The molecule has 4 aliphatic carbocycles. The first-order valence-corrected chi connectivity index (χ1v) is 10.0. The van der Waals surface area contributed by atoms with Crippen LogP contribution in [0.4, 0.5) is 4.39 Å². The number of fused-ring (bicyclic) bond motifs is 5. The zero-order valence-electron chi connectivity index (χ0n) is 15.4. The maximum absolute atomic E-state index is 15.0. The second-order valence-electron chi connectivity index (χ2n) is 9.69. The first kappa shape index (κ1) is 17.7. The molecule has 0 spiro atoms. The van der Waals surface area contributed by atoms with Crippen molar-refractivity contribution in [2.75, 3.05) is 6.61 Å². The van der Waals surface area contributed by atoms with Crippen molar-refractivity contribution in [3.8, 4) is 0 Å². The number of allylic oxidation sites excluding steroid dienone is 1. The van der Waals surface area contributed by atoms with E-state index in [9.17, 15) is 19.4 Å². The Morgan fingerprint density at radius 3 is 2.64 bits per heavy atom. The number of ketones is 1. The normalized spacial score (nSPS) is 49.4. The van der Waals surface area contributed by atoms with E-state index in [1.165, 1.54) is 0 Å². The number of aliphatic hydroxyl groups is 2. The number of carbonyl (C=O) groups is 1. The van der Waals surface area contributed by atoms with Gasteiger partial charge in [-0.2, -0.15) is 0 Å². The van der Waals surface area contributed by atoms with Crippen LogP contribution >= 0.6 is 0 Å². The fourth-order valence-corrected chi connectivity index (χ4v) is 7.13. The van der Waals surface area contributed by atoms with Gasteiger partial charge in [-0.25, -0.2) is 4.39 Å². The number of aliphatic hydroxyl groups excluding tert-OH is 1. The number of rotatable bonds is 2. The van der Waals surface area contributed by atoms with Crippen molar-refractivity contribution in [1.29, 1.82) is 0 Å². The Labute approximate surface area is 149 Å². The van der Waals surface area contributed by atoms with Gasteiger partial charge in [0.1, 0.15) is 6.61 Å². The summed E-state index contributed by atoms with van der Waals surface area (Å²) in [6.45, 7) is 3.68. The van der Waals surface area contributed by atoms with E-state index >= 15 is 0 Å². The predicted octanol–water partition coefficient (Wildman–Crippen LogP) is 3.78. The topological polar surface area (TPSA) is 57.5 Å². The summed E-state index contributed by atoms with van der Waals surface area (Å²) in [7, 11) is 0. The van der Waals surface area contributed by atoms with Crippen LogP contribution in [0.15, 0.2) is 11.4 Å². The minimum atomic E-state index is -0.759.